The number of hydrogen-bond acceptors (Lipinski definition) is 7. The number of ether oxygens (including phenoxy) is 3. The molecule has 2 heterocycles. The first kappa shape index (κ1) is 26.0. The summed E-state index contributed by atoms with van der Waals surface area (Å²) >= 11 is 6.21. The number of aliphatic hydroxyl groups excluding tert-OH is 1. The first-order valence-corrected chi connectivity index (χ1v) is 11.8. The van der Waals surface area contributed by atoms with Crippen LogP contribution in [0.1, 0.15) is 17.2 Å². The number of rotatable bonds is 6. The van der Waals surface area contributed by atoms with E-state index in [4.69, 9.17) is 25.8 Å². The molecule has 0 aliphatic carbocycles. The highest BCUT2D eigenvalue weighted by Crippen LogP contribution is 2.45. The summed E-state index contributed by atoms with van der Waals surface area (Å²) in [6, 6.07) is 9.82. The van der Waals surface area contributed by atoms with E-state index in [2.05, 4.69) is 9.97 Å². The van der Waals surface area contributed by atoms with Crippen molar-refractivity contribution in [3.63, 3.8) is 0 Å². The Morgan fingerprint density at radius 3 is 2.41 bits per heavy atom. The van der Waals surface area contributed by atoms with Crippen LogP contribution in [0.25, 0.3) is 16.8 Å². The Balaban J connectivity index is 1.78. The summed E-state index contributed by atoms with van der Waals surface area (Å²) in [7, 11) is 4.17. The molecule has 5 rings (SSSR count). The smallest absolute Gasteiger partial charge is 0.302 e. The van der Waals surface area contributed by atoms with Crippen LogP contribution < -0.4 is 19.1 Å². The molecule has 0 spiro atoms. The number of methoxy groups -OCH3 is 3. The van der Waals surface area contributed by atoms with Gasteiger partial charge in [-0.25, -0.2) is 13.8 Å². The maximum atomic E-state index is 13.9. The molecule has 4 aromatic rings. The predicted octanol–water partition coefficient (Wildman–Crippen LogP) is 5.15. The molecule has 12 heteroatoms. The molecule has 9 nitrogen and oxygen atoms in total. The summed E-state index contributed by atoms with van der Waals surface area (Å²) in [5.41, 5.74) is 0.249. The van der Waals surface area contributed by atoms with Gasteiger partial charge in [0.15, 0.2) is 11.6 Å². The van der Waals surface area contributed by atoms with Crippen LogP contribution in [0.5, 0.6) is 17.2 Å². The lowest BCUT2D eigenvalue weighted by Gasteiger charge is -2.23. The standard InChI is InChI=1S/C27H20ClF2N3O6/c1-37-13-6-4-5-12(7-13)23-22(24(34)14-8-21(39-3)15(28)9-20(14)38-2)25(35)26(36)33(23)27-31-18-10-16(29)17(30)11-19(18)32-27/h4-11,23,34H,1-3H3,(H,31,32)/b24-22+. The van der Waals surface area contributed by atoms with Gasteiger partial charge >= 0.3 is 5.91 Å². The van der Waals surface area contributed by atoms with Crippen LogP contribution in [0, 0.1) is 11.6 Å². The van der Waals surface area contributed by atoms with Gasteiger partial charge in [0.1, 0.15) is 23.0 Å². The van der Waals surface area contributed by atoms with Crippen molar-refractivity contribution in [2.45, 2.75) is 6.04 Å². The lowest BCUT2D eigenvalue weighted by Crippen LogP contribution is -2.30. The minimum Gasteiger partial charge on any atom is -0.507 e. The molecule has 1 unspecified atom stereocenters. The molecular formula is C27H20ClF2N3O6. The Morgan fingerprint density at radius 2 is 1.72 bits per heavy atom. The van der Waals surface area contributed by atoms with Crippen molar-refractivity contribution in [1.29, 1.82) is 0 Å². The Kier molecular flexibility index (Phi) is 6.61. The Hall–Kier alpha value is -4.64. The molecule has 1 aliphatic heterocycles. The Morgan fingerprint density at radius 1 is 1.00 bits per heavy atom. The molecule has 1 saturated heterocycles. The zero-order chi connectivity index (χ0) is 28.0. The zero-order valence-corrected chi connectivity index (χ0v) is 21.5. The molecule has 1 atom stereocenters. The number of H-pyrrole nitrogens is 1. The summed E-state index contributed by atoms with van der Waals surface area (Å²) in [4.78, 5) is 34.9. The van der Waals surface area contributed by atoms with Crippen LogP contribution in [0.4, 0.5) is 14.7 Å². The molecule has 39 heavy (non-hydrogen) atoms. The van der Waals surface area contributed by atoms with Crippen LogP contribution in [0.15, 0.2) is 54.1 Å². The van der Waals surface area contributed by atoms with Crippen molar-refractivity contribution >= 4 is 46.0 Å². The SMILES string of the molecule is COc1cccc(C2/C(=C(\O)c3cc(OC)c(Cl)cc3OC)C(=O)C(=O)N2c2nc3cc(F)c(F)cc3[nH]2)c1. The second-order valence-corrected chi connectivity index (χ2v) is 8.88. The number of carbonyl (C=O) groups is 2. The Bertz CT molecular complexity index is 1650. The van der Waals surface area contributed by atoms with Gasteiger partial charge in [-0.05, 0) is 23.8 Å². The number of amides is 1. The van der Waals surface area contributed by atoms with E-state index in [0.717, 1.165) is 17.0 Å². The first-order chi connectivity index (χ1) is 18.7. The molecule has 1 fully saturated rings. The highest BCUT2D eigenvalue weighted by atomic mass is 35.5. The number of nitrogens with zero attached hydrogens (tertiary/aromatic N) is 2. The fraction of sp³-hybridized carbons (Fsp3) is 0.148. The lowest BCUT2D eigenvalue weighted by molar-refractivity contribution is -0.132. The number of aromatic amines is 1. The zero-order valence-electron chi connectivity index (χ0n) is 20.7. The monoisotopic (exact) mass is 555 g/mol. The number of imidazole rings is 1. The molecule has 3 aromatic carbocycles. The molecular weight excluding hydrogens is 536 g/mol. The van der Waals surface area contributed by atoms with E-state index in [1.807, 2.05) is 0 Å². The van der Waals surface area contributed by atoms with Gasteiger partial charge in [-0.2, -0.15) is 0 Å². The molecule has 200 valence electrons. The molecule has 2 N–H and O–H groups in total. The number of aliphatic hydroxyl groups is 1. The van der Waals surface area contributed by atoms with E-state index >= 15 is 0 Å². The third-order valence-electron chi connectivity index (χ3n) is 6.32. The molecule has 0 saturated carbocycles. The number of anilines is 1. The summed E-state index contributed by atoms with van der Waals surface area (Å²) in [5.74, 6) is -4.33. The van der Waals surface area contributed by atoms with Crippen LogP contribution in [0.2, 0.25) is 5.02 Å². The fourth-order valence-electron chi connectivity index (χ4n) is 4.47. The number of hydrogen-bond donors (Lipinski definition) is 2. The van der Waals surface area contributed by atoms with Gasteiger partial charge in [-0.3, -0.25) is 14.5 Å². The number of ketones is 1. The number of aromatic nitrogens is 2. The van der Waals surface area contributed by atoms with Crippen LogP contribution in [0.3, 0.4) is 0 Å². The predicted molar refractivity (Wildman–Crippen MR) is 138 cm³/mol. The third-order valence-corrected chi connectivity index (χ3v) is 6.62. The van der Waals surface area contributed by atoms with Crippen molar-refractivity contribution in [3.05, 3.63) is 81.9 Å². The van der Waals surface area contributed by atoms with E-state index in [1.54, 1.807) is 24.3 Å². The number of fused-ring (bicyclic) bond motifs is 1. The highest BCUT2D eigenvalue weighted by Gasteiger charge is 2.48. The molecule has 0 bridgehead atoms. The largest absolute Gasteiger partial charge is 0.507 e. The summed E-state index contributed by atoms with van der Waals surface area (Å²) in [6.07, 6.45) is 0. The van der Waals surface area contributed by atoms with Gasteiger partial charge in [0.05, 0.1) is 54.6 Å². The van der Waals surface area contributed by atoms with Crippen LogP contribution >= 0.6 is 11.6 Å². The van der Waals surface area contributed by atoms with E-state index in [0.29, 0.717) is 11.3 Å². The second kappa shape index (κ2) is 9.91. The maximum Gasteiger partial charge on any atom is 0.302 e. The van der Waals surface area contributed by atoms with Gasteiger partial charge in [0, 0.05) is 18.2 Å². The van der Waals surface area contributed by atoms with Crippen molar-refractivity contribution in [2.24, 2.45) is 0 Å². The normalized spacial score (nSPS) is 16.7. The van der Waals surface area contributed by atoms with Crippen molar-refractivity contribution in [3.8, 4) is 17.2 Å². The minimum absolute atomic E-state index is 0.0271. The summed E-state index contributed by atoms with van der Waals surface area (Å²) in [5, 5.41) is 11.7. The number of halogens is 3. The number of benzene rings is 3. The molecule has 1 aliphatic rings. The quantitative estimate of drug-likeness (QED) is 0.192. The van der Waals surface area contributed by atoms with E-state index in [9.17, 15) is 23.5 Å². The average Bonchev–Trinajstić information content (AvgIpc) is 3.45. The molecule has 1 aromatic heterocycles. The van der Waals surface area contributed by atoms with E-state index in [-0.39, 0.29) is 44.6 Å². The highest BCUT2D eigenvalue weighted by molar-refractivity contribution is 6.51. The van der Waals surface area contributed by atoms with Crippen molar-refractivity contribution in [2.75, 3.05) is 26.2 Å². The fourth-order valence-corrected chi connectivity index (χ4v) is 4.70. The second-order valence-electron chi connectivity index (χ2n) is 8.48. The van der Waals surface area contributed by atoms with E-state index < -0.39 is 35.1 Å². The van der Waals surface area contributed by atoms with Gasteiger partial charge in [0.2, 0.25) is 5.95 Å². The van der Waals surface area contributed by atoms with E-state index in [1.165, 1.54) is 33.5 Å². The number of nitrogens with one attached hydrogen (secondary N) is 1. The topological polar surface area (TPSA) is 114 Å². The number of carbonyl (C=O) groups excluding carboxylic acids is 2. The van der Waals surface area contributed by atoms with Crippen LogP contribution in [-0.2, 0) is 9.59 Å². The van der Waals surface area contributed by atoms with Crippen LogP contribution in [-0.4, -0.2) is 48.1 Å². The first-order valence-electron chi connectivity index (χ1n) is 11.4. The lowest BCUT2D eigenvalue weighted by atomic mass is 9.95. The van der Waals surface area contributed by atoms with Gasteiger partial charge in [-0.1, -0.05) is 23.7 Å². The van der Waals surface area contributed by atoms with Crippen molar-refractivity contribution < 1.29 is 37.7 Å². The minimum atomic E-state index is -1.22. The average molecular weight is 556 g/mol. The maximum absolute atomic E-state index is 13.9. The van der Waals surface area contributed by atoms with Gasteiger partial charge < -0.3 is 24.3 Å². The van der Waals surface area contributed by atoms with Gasteiger partial charge in [0.25, 0.3) is 5.78 Å². The molecule has 0 radical (unpaired) electrons. The Labute approximate surface area is 225 Å². The number of Topliss-reactive ketones (excluding diaryl/α,β-unsaturated/α-hetero) is 1. The summed E-state index contributed by atoms with van der Waals surface area (Å²) < 4.78 is 43.7. The van der Waals surface area contributed by atoms with Gasteiger partial charge in [-0.15, -0.1) is 0 Å². The third kappa shape index (κ3) is 4.30. The molecule has 1 amide bonds. The van der Waals surface area contributed by atoms with Crippen molar-refractivity contribution in [1.82, 2.24) is 9.97 Å². The summed E-state index contributed by atoms with van der Waals surface area (Å²) in [6.45, 7) is 0.